The molecule has 0 radical (unpaired) electrons. The van der Waals surface area contributed by atoms with Crippen LogP contribution in [0.1, 0.15) is 22.1 Å². The van der Waals surface area contributed by atoms with Crippen molar-refractivity contribution in [2.45, 2.75) is 6.17 Å². The molecule has 0 heterocycles. The van der Waals surface area contributed by atoms with Gasteiger partial charge in [0.15, 0.2) is 0 Å². The summed E-state index contributed by atoms with van der Waals surface area (Å²) in [7, 11) is 0. The van der Waals surface area contributed by atoms with E-state index in [0.29, 0.717) is 16.1 Å². The molecule has 0 bridgehead atoms. The standard InChI is InChI=1S/C15H12ClFINO/c16-12-7-3-1-5-10(12)13(17)9-19-15(20)11-6-2-4-8-14(11)18/h1-8,13H,9H2,(H,19,20)/t13-/m0/s1. The molecule has 2 aromatic carbocycles. The molecule has 0 aromatic heterocycles. The van der Waals surface area contributed by atoms with Crippen LogP contribution in [-0.2, 0) is 0 Å². The summed E-state index contributed by atoms with van der Waals surface area (Å²) in [6.45, 7) is -0.104. The van der Waals surface area contributed by atoms with E-state index in [1.807, 2.05) is 12.1 Å². The molecule has 2 rings (SSSR count). The van der Waals surface area contributed by atoms with Gasteiger partial charge in [0.2, 0.25) is 0 Å². The first kappa shape index (κ1) is 15.3. The largest absolute Gasteiger partial charge is 0.349 e. The Hall–Kier alpha value is -1.14. The van der Waals surface area contributed by atoms with Gasteiger partial charge in [-0.3, -0.25) is 4.79 Å². The zero-order valence-electron chi connectivity index (χ0n) is 10.4. The van der Waals surface area contributed by atoms with Crippen molar-refractivity contribution in [1.82, 2.24) is 5.32 Å². The summed E-state index contributed by atoms with van der Waals surface area (Å²) >= 11 is 8.00. The summed E-state index contributed by atoms with van der Waals surface area (Å²) in [6, 6.07) is 13.9. The van der Waals surface area contributed by atoms with E-state index < -0.39 is 6.17 Å². The van der Waals surface area contributed by atoms with Crippen LogP contribution >= 0.6 is 34.2 Å². The van der Waals surface area contributed by atoms with E-state index in [0.717, 1.165) is 3.57 Å². The third-order valence-electron chi connectivity index (χ3n) is 2.80. The molecule has 0 aliphatic heterocycles. The quantitative estimate of drug-likeness (QED) is 0.754. The van der Waals surface area contributed by atoms with Gasteiger partial charge in [-0.25, -0.2) is 4.39 Å². The molecule has 0 saturated carbocycles. The second kappa shape index (κ2) is 7.04. The Labute approximate surface area is 135 Å². The zero-order chi connectivity index (χ0) is 14.5. The van der Waals surface area contributed by atoms with E-state index in [-0.39, 0.29) is 12.5 Å². The van der Waals surface area contributed by atoms with Crippen LogP contribution in [0.5, 0.6) is 0 Å². The molecule has 0 fully saturated rings. The Morgan fingerprint density at radius 2 is 1.85 bits per heavy atom. The van der Waals surface area contributed by atoms with Crippen LogP contribution in [0.2, 0.25) is 5.02 Å². The highest BCUT2D eigenvalue weighted by Gasteiger charge is 2.15. The van der Waals surface area contributed by atoms with Crippen molar-refractivity contribution in [2.75, 3.05) is 6.54 Å². The monoisotopic (exact) mass is 403 g/mol. The summed E-state index contributed by atoms with van der Waals surface area (Å²) in [6.07, 6.45) is -1.32. The van der Waals surface area contributed by atoms with E-state index in [4.69, 9.17) is 11.6 Å². The molecular weight excluding hydrogens is 392 g/mol. The summed E-state index contributed by atoms with van der Waals surface area (Å²) in [5.74, 6) is -0.287. The van der Waals surface area contributed by atoms with Gasteiger partial charge in [-0.05, 0) is 40.8 Å². The minimum absolute atomic E-state index is 0.104. The number of hydrogen-bond donors (Lipinski definition) is 1. The number of hydrogen-bond acceptors (Lipinski definition) is 1. The number of carbonyl (C=O) groups is 1. The molecule has 2 aromatic rings. The molecule has 20 heavy (non-hydrogen) atoms. The SMILES string of the molecule is O=C(NC[C@H](F)c1ccccc1Cl)c1ccccc1I. The number of carbonyl (C=O) groups excluding carboxylic acids is 1. The van der Waals surface area contributed by atoms with Gasteiger partial charge >= 0.3 is 0 Å². The van der Waals surface area contributed by atoms with Crippen LogP contribution in [0.15, 0.2) is 48.5 Å². The Morgan fingerprint density at radius 1 is 1.20 bits per heavy atom. The van der Waals surface area contributed by atoms with Gasteiger partial charge in [-0.15, -0.1) is 0 Å². The number of nitrogens with one attached hydrogen (secondary N) is 1. The minimum Gasteiger partial charge on any atom is -0.349 e. The smallest absolute Gasteiger partial charge is 0.252 e. The summed E-state index contributed by atoms with van der Waals surface area (Å²) in [4.78, 5) is 12.0. The fourth-order valence-electron chi connectivity index (χ4n) is 1.76. The van der Waals surface area contributed by atoms with Gasteiger partial charge in [0.05, 0.1) is 12.1 Å². The Bertz CT molecular complexity index is 620. The molecule has 0 unspecified atom stereocenters. The van der Waals surface area contributed by atoms with Crippen molar-refractivity contribution in [3.05, 3.63) is 68.3 Å². The lowest BCUT2D eigenvalue weighted by atomic mass is 10.1. The van der Waals surface area contributed by atoms with E-state index in [1.165, 1.54) is 0 Å². The first-order chi connectivity index (χ1) is 9.59. The van der Waals surface area contributed by atoms with Crippen molar-refractivity contribution in [1.29, 1.82) is 0 Å². The molecular formula is C15H12ClFINO. The van der Waals surface area contributed by atoms with E-state index >= 15 is 0 Å². The lowest BCUT2D eigenvalue weighted by molar-refractivity contribution is 0.0941. The summed E-state index contributed by atoms with van der Waals surface area (Å²) in [5, 5.41) is 2.95. The van der Waals surface area contributed by atoms with E-state index in [2.05, 4.69) is 27.9 Å². The van der Waals surface area contributed by atoms with Crippen molar-refractivity contribution in [3.8, 4) is 0 Å². The van der Waals surface area contributed by atoms with Gasteiger partial charge in [0, 0.05) is 14.2 Å². The Kier molecular flexibility index (Phi) is 5.37. The summed E-state index contributed by atoms with van der Waals surface area (Å²) in [5.41, 5.74) is 0.927. The van der Waals surface area contributed by atoms with E-state index in [9.17, 15) is 9.18 Å². The second-order valence-electron chi connectivity index (χ2n) is 4.18. The van der Waals surface area contributed by atoms with E-state index in [1.54, 1.807) is 36.4 Å². The fraction of sp³-hybridized carbons (Fsp3) is 0.133. The van der Waals surface area contributed by atoms with Gasteiger partial charge in [-0.1, -0.05) is 41.9 Å². The van der Waals surface area contributed by atoms with Crippen molar-refractivity contribution in [2.24, 2.45) is 0 Å². The molecule has 1 atom stereocenters. The highest BCUT2D eigenvalue weighted by Crippen LogP contribution is 2.25. The van der Waals surface area contributed by atoms with Crippen LogP contribution in [0, 0.1) is 3.57 Å². The number of alkyl halides is 1. The van der Waals surface area contributed by atoms with Crippen LogP contribution in [0.4, 0.5) is 4.39 Å². The molecule has 0 spiro atoms. The Morgan fingerprint density at radius 3 is 2.55 bits per heavy atom. The van der Waals surface area contributed by atoms with Crippen molar-refractivity contribution < 1.29 is 9.18 Å². The number of benzene rings is 2. The zero-order valence-corrected chi connectivity index (χ0v) is 13.4. The number of rotatable bonds is 4. The van der Waals surface area contributed by atoms with Crippen LogP contribution in [-0.4, -0.2) is 12.5 Å². The van der Waals surface area contributed by atoms with Gasteiger partial charge in [-0.2, -0.15) is 0 Å². The highest BCUT2D eigenvalue weighted by molar-refractivity contribution is 14.1. The fourth-order valence-corrected chi connectivity index (χ4v) is 2.65. The maximum atomic E-state index is 14.1. The molecule has 0 aliphatic carbocycles. The van der Waals surface area contributed by atoms with Gasteiger partial charge in [0.1, 0.15) is 6.17 Å². The topological polar surface area (TPSA) is 29.1 Å². The normalized spacial score (nSPS) is 11.9. The molecule has 0 saturated heterocycles. The van der Waals surface area contributed by atoms with Crippen molar-refractivity contribution in [3.63, 3.8) is 0 Å². The number of halogens is 3. The second-order valence-corrected chi connectivity index (χ2v) is 5.75. The molecule has 1 N–H and O–H groups in total. The average Bonchev–Trinajstić information content (AvgIpc) is 2.45. The van der Waals surface area contributed by atoms with Gasteiger partial charge in [0.25, 0.3) is 5.91 Å². The highest BCUT2D eigenvalue weighted by atomic mass is 127. The summed E-state index contributed by atoms with van der Waals surface area (Å²) < 4.78 is 14.9. The van der Waals surface area contributed by atoms with Crippen LogP contribution in [0.25, 0.3) is 0 Å². The van der Waals surface area contributed by atoms with Crippen LogP contribution < -0.4 is 5.32 Å². The first-order valence-electron chi connectivity index (χ1n) is 6.01. The lowest BCUT2D eigenvalue weighted by Crippen LogP contribution is -2.27. The molecule has 5 heteroatoms. The minimum atomic E-state index is -1.32. The average molecular weight is 404 g/mol. The third-order valence-corrected chi connectivity index (χ3v) is 4.09. The molecule has 104 valence electrons. The van der Waals surface area contributed by atoms with Crippen molar-refractivity contribution >= 4 is 40.1 Å². The first-order valence-corrected chi connectivity index (χ1v) is 7.46. The molecule has 2 nitrogen and oxygen atoms in total. The van der Waals surface area contributed by atoms with Crippen LogP contribution in [0.3, 0.4) is 0 Å². The third kappa shape index (κ3) is 3.70. The lowest BCUT2D eigenvalue weighted by Gasteiger charge is -2.12. The predicted octanol–water partition coefficient (Wildman–Crippen LogP) is 4.39. The Balaban J connectivity index is 2.01. The maximum absolute atomic E-state index is 14.1. The maximum Gasteiger partial charge on any atom is 0.252 e. The van der Waals surface area contributed by atoms with Gasteiger partial charge < -0.3 is 5.32 Å². The number of amides is 1. The molecule has 1 amide bonds. The predicted molar refractivity (Wildman–Crippen MR) is 86.8 cm³/mol. The molecule has 0 aliphatic rings.